The highest BCUT2D eigenvalue weighted by atomic mass is 16.5. The summed E-state index contributed by atoms with van der Waals surface area (Å²) in [6.45, 7) is 5.46. The van der Waals surface area contributed by atoms with Crippen molar-refractivity contribution in [1.29, 1.82) is 0 Å². The van der Waals surface area contributed by atoms with E-state index in [9.17, 15) is 0 Å². The zero-order valence-corrected chi connectivity index (χ0v) is 9.69. The van der Waals surface area contributed by atoms with Gasteiger partial charge < -0.3 is 14.8 Å². The predicted octanol–water partition coefficient (Wildman–Crippen LogP) is 0.611. The average molecular weight is 223 g/mol. The van der Waals surface area contributed by atoms with Gasteiger partial charge in [0.1, 0.15) is 5.69 Å². The number of nitrogens with zero attached hydrogens (tertiary/aromatic N) is 2. The fourth-order valence-electron chi connectivity index (χ4n) is 1.68. The van der Waals surface area contributed by atoms with Gasteiger partial charge in [0.15, 0.2) is 0 Å². The zero-order chi connectivity index (χ0) is 11.4. The Kier molecular flexibility index (Phi) is 3.36. The minimum absolute atomic E-state index is 0.273. The second-order valence-electron chi connectivity index (χ2n) is 4.42. The van der Waals surface area contributed by atoms with Crippen LogP contribution in [0, 0.1) is 5.41 Å². The molecule has 1 fully saturated rings. The fraction of sp³-hybridized carbons (Fsp3) is 0.636. The SMILES string of the molecule is COc1nccnc1CNCC1(C)COC1. The first-order valence-corrected chi connectivity index (χ1v) is 5.36. The van der Waals surface area contributed by atoms with Crippen molar-refractivity contribution in [3.63, 3.8) is 0 Å². The maximum absolute atomic E-state index is 5.19. The molecule has 88 valence electrons. The highest BCUT2D eigenvalue weighted by Gasteiger charge is 2.32. The van der Waals surface area contributed by atoms with Crippen LogP contribution < -0.4 is 10.1 Å². The summed E-state index contributed by atoms with van der Waals surface area (Å²) >= 11 is 0. The van der Waals surface area contributed by atoms with E-state index in [1.165, 1.54) is 0 Å². The fourth-order valence-corrected chi connectivity index (χ4v) is 1.68. The molecular formula is C11H17N3O2. The molecule has 0 amide bonds. The van der Waals surface area contributed by atoms with Crippen LogP contribution in [0.1, 0.15) is 12.6 Å². The monoisotopic (exact) mass is 223 g/mol. The lowest BCUT2D eigenvalue weighted by molar-refractivity contribution is -0.0992. The topological polar surface area (TPSA) is 56.3 Å². The van der Waals surface area contributed by atoms with Crippen LogP contribution in [0.15, 0.2) is 12.4 Å². The van der Waals surface area contributed by atoms with E-state index in [4.69, 9.17) is 9.47 Å². The molecule has 0 saturated carbocycles. The smallest absolute Gasteiger partial charge is 0.236 e. The number of hydrogen-bond acceptors (Lipinski definition) is 5. The average Bonchev–Trinajstić information content (AvgIpc) is 2.27. The summed E-state index contributed by atoms with van der Waals surface area (Å²) in [6, 6.07) is 0. The van der Waals surface area contributed by atoms with Crippen LogP contribution in [0.5, 0.6) is 5.88 Å². The van der Waals surface area contributed by atoms with E-state index < -0.39 is 0 Å². The van der Waals surface area contributed by atoms with Gasteiger partial charge >= 0.3 is 0 Å². The van der Waals surface area contributed by atoms with Crippen molar-refractivity contribution in [3.05, 3.63) is 18.1 Å². The highest BCUT2D eigenvalue weighted by Crippen LogP contribution is 2.25. The van der Waals surface area contributed by atoms with E-state index in [0.29, 0.717) is 12.4 Å². The van der Waals surface area contributed by atoms with E-state index in [0.717, 1.165) is 25.5 Å². The van der Waals surface area contributed by atoms with Crippen LogP contribution >= 0.6 is 0 Å². The van der Waals surface area contributed by atoms with Crippen LogP contribution in [0.4, 0.5) is 0 Å². The maximum Gasteiger partial charge on any atom is 0.236 e. The number of methoxy groups -OCH3 is 1. The molecule has 0 bridgehead atoms. The van der Waals surface area contributed by atoms with Gasteiger partial charge in [-0.3, -0.25) is 4.98 Å². The van der Waals surface area contributed by atoms with Gasteiger partial charge in [0.2, 0.25) is 5.88 Å². The minimum Gasteiger partial charge on any atom is -0.480 e. The normalized spacial score (nSPS) is 17.9. The van der Waals surface area contributed by atoms with Crippen molar-refractivity contribution in [2.45, 2.75) is 13.5 Å². The molecule has 5 heteroatoms. The van der Waals surface area contributed by atoms with Crippen LogP contribution in [0.2, 0.25) is 0 Å². The summed E-state index contributed by atoms with van der Waals surface area (Å²) in [7, 11) is 1.61. The molecule has 1 aromatic heterocycles. The number of hydrogen-bond donors (Lipinski definition) is 1. The molecule has 1 saturated heterocycles. The van der Waals surface area contributed by atoms with Crippen LogP contribution in [0.25, 0.3) is 0 Å². The summed E-state index contributed by atoms with van der Waals surface area (Å²) < 4.78 is 10.3. The lowest BCUT2D eigenvalue weighted by Crippen LogP contribution is -2.47. The molecular weight excluding hydrogens is 206 g/mol. The number of ether oxygens (including phenoxy) is 2. The predicted molar refractivity (Wildman–Crippen MR) is 59.2 cm³/mol. The molecule has 5 nitrogen and oxygen atoms in total. The Hall–Kier alpha value is -1.20. The minimum atomic E-state index is 0.273. The van der Waals surface area contributed by atoms with Gasteiger partial charge in [0.05, 0.1) is 20.3 Å². The van der Waals surface area contributed by atoms with E-state index in [2.05, 4.69) is 22.2 Å². The molecule has 0 aliphatic carbocycles. The summed E-state index contributed by atoms with van der Waals surface area (Å²) in [5, 5.41) is 3.36. The Morgan fingerprint density at radius 2 is 2.19 bits per heavy atom. The van der Waals surface area contributed by atoms with Gasteiger partial charge in [-0.1, -0.05) is 6.92 Å². The van der Waals surface area contributed by atoms with Crippen LogP contribution in [-0.2, 0) is 11.3 Å². The van der Waals surface area contributed by atoms with Gasteiger partial charge in [0.25, 0.3) is 0 Å². The van der Waals surface area contributed by atoms with Crippen molar-refractivity contribution < 1.29 is 9.47 Å². The second-order valence-corrected chi connectivity index (χ2v) is 4.42. The third-order valence-corrected chi connectivity index (χ3v) is 2.67. The van der Waals surface area contributed by atoms with Crippen molar-refractivity contribution >= 4 is 0 Å². The molecule has 16 heavy (non-hydrogen) atoms. The molecule has 1 aliphatic heterocycles. The molecule has 1 aliphatic rings. The Balaban J connectivity index is 1.84. The van der Waals surface area contributed by atoms with Crippen molar-refractivity contribution in [2.75, 3.05) is 26.9 Å². The Morgan fingerprint density at radius 1 is 1.44 bits per heavy atom. The number of nitrogens with one attached hydrogen (secondary N) is 1. The van der Waals surface area contributed by atoms with E-state index in [1.54, 1.807) is 19.5 Å². The Bertz CT molecular complexity index is 353. The van der Waals surface area contributed by atoms with Gasteiger partial charge in [-0.05, 0) is 0 Å². The first kappa shape index (κ1) is 11.3. The van der Waals surface area contributed by atoms with E-state index in [-0.39, 0.29) is 5.41 Å². The van der Waals surface area contributed by atoms with E-state index in [1.807, 2.05) is 0 Å². The van der Waals surface area contributed by atoms with Gasteiger partial charge in [0, 0.05) is 30.9 Å². The standard InChI is InChI=1S/C11H17N3O2/c1-11(7-16-8-11)6-12-5-9-10(15-2)14-4-3-13-9/h3-4,12H,5-8H2,1-2H3. The number of aromatic nitrogens is 2. The molecule has 0 atom stereocenters. The quantitative estimate of drug-likeness (QED) is 0.792. The van der Waals surface area contributed by atoms with Gasteiger partial charge in [-0.15, -0.1) is 0 Å². The van der Waals surface area contributed by atoms with Crippen LogP contribution in [-0.4, -0.2) is 36.8 Å². The third kappa shape index (κ3) is 2.48. The van der Waals surface area contributed by atoms with Gasteiger partial charge in [-0.25, -0.2) is 4.98 Å². The van der Waals surface area contributed by atoms with Crippen LogP contribution in [0.3, 0.4) is 0 Å². The first-order valence-electron chi connectivity index (χ1n) is 5.36. The molecule has 2 heterocycles. The molecule has 1 aromatic rings. The lowest BCUT2D eigenvalue weighted by atomic mass is 9.89. The number of rotatable bonds is 5. The molecule has 0 radical (unpaired) electrons. The molecule has 0 unspecified atom stereocenters. The van der Waals surface area contributed by atoms with Crippen molar-refractivity contribution in [3.8, 4) is 5.88 Å². The maximum atomic E-state index is 5.19. The van der Waals surface area contributed by atoms with E-state index >= 15 is 0 Å². The van der Waals surface area contributed by atoms with Crippen molar-refractivity contribution in [1.82, 2.24) is 15.3 Å². The summed E-state index contributed by atoms with van der Waals surface area (Å²) in [5.41, 5.74) is 1.11. The molecule has 2 rings (SSSR count). The summed E-state index contributed by atoms with van der Waals surface area (Å²) in [4.78, 5) is 8.33. The first-order chi connectivity index (χ1) is 7.73. The molecule has 1 N–H and O–H groups in total. The lowest BCUT2D eigenvalue weighted by Gasteiger charge is -2.38. The Morgan fingerprint density at radius 3 is 2.81 bits per heavy atom. The highest BCUT2D eigenvalue weighted by molar-refractivity contribution is 5.16. The largest absolute Gasteiger partial charge is 0.480 e. The Labute approximate surface area is 95.2 Å². The van der Waals surface area contributed by atoms with Gasteiger partial charge in [-0.2, -0.15) is 0 Å². The molecule has 0 spiro atoms. The summed E-state index contributed by atoms with van der Waals surface area (Å²) in [5.74, 6) is 0.588. The molecule has 0 aromatic carbocycles. The van der Waals surface area contributed by atoms with Crippen molar-refractivity contribution in [2.24, 2.45) is 5.41 Å². The second kappa shape index (κ2) is 4.76. The third-order valence-electron chi connectivity index (χ3n) is 2.67. The zero-order valence-electron chi connectivity index (χ0n) is 9.69. The summed E-state index contributed by atoms with van der Waals surface area (Å²) in [6.07, 6.45) is 3.30.